The van der Waals surface area contributed by atoms with Crippen molar-refractivity contribution in [3.63, 3.8) is 0 Å². The van der Waals surface area contributed by atoms with E-state index < -0.39 is 0 Å². The summed E-state index contributed by atoms with van der Waals surface area (Å²) in [6, 6.07) is 10.1. The Morgan fingerprint density at radius 1 is 1.26 bits per heavy atom. The van der Waals surface area contributed by atoms with Gasteiger partial charge in [-0.2, -0.15) is 5.26 Å². The number of carbonyl (C=O) groups is 1. The number of hydrogen-bond donors (Lipinski definition) is 1. The van der Waals surface area contributed by atoms with Crippen molar-refractivity contribution in [3.05, 3.63) is 52.3 Å². The maximum Gasteiger partial charge on any atom is 0.249 e. The van der Waals surface area contributed by atoms with Crippen molar-refractivity contribution in [1.82, 2.24) is 4.98 Å². The molecule has 1 saturated heterocycles. The molecule has 1 amide bonds. The van der Waals surface area contributed by atoms with Crippen LogP contribution >= 0.6 is 23.2 Å². The van der Waals surface area contributed by atoms with Gasteiger partial charge in [-0.15, -0.1) is 0 Å². The molecule has 1 fully saturated rings. The summed E-state index contributed by atoms with van der Waals surface area (Å²) in [4.78, 5) is 18.2. The van der Waals surface area contributed by atoms with E-state index in [4.69, 9.17) is 28.5 Å². The minimum absolute atomic E-state index is 0.0345. The number of anilines is 2. The van der Waals surface area contributed by atoms with Crippen LogP contribution < -0.4 is 10.2 Å². The van der Waals surface area contributed by atoms with Crippen LogP contribution in [0.1, 0.15) is 12.1 Å². The number of aromatic nitrogens is 1. The summed E-state index contributed by atoms with van der Waals surface area (Å²) < 4.78 is 0. The van der Waals surface area contributed by atoms with Gasteiger partial charge < -0.3 is 10.2 Å². The Morgan fingerprint density at radius 3 is 2.74 bits per heavy atom. The molecular weight excluding hydrogens is 335 g/mol. The number of pyridine rings is 1. The molecule has 1 aromatic carbocycles. The van der Waals surface area contributed by atoms with Crippen LogP contribution in [0.3, 0.4) is 0 Å². The van der Waals surface area contributed by atoms with Gasteiger partial charge in [-0.3, -0.25) is 4.79 Å². The fraction of sp³-hybridized carbons (Fsp3) is 0.188. The molecule has 7 heteroatoms. The summed E-state index contributed by atoms with van der Waals surface area (Å²) in [5.74, 6) is -0.0345. The van der Waals surface area contributed by atoms with E-state index in [2.05, 4.69) is 10.3 Å². The van der Waals surface area contributed by atoms with Crippen LogP contribution in [-0.4, -0.2) is 23.5 Å². The summed E-state index contributed by atoms with van der Waals surface area (Å²) in [5.41, 5.74) is 1.77. The van der Waals surface area contributed by atoms with Crippen LogP contribution in [0.4, 0.5) is 11.4 Å². The number of nitrogens with zero attached hydrogens (tertiary/aromatic N) is 3. The molecule has 3 rings (SSSR count). The van der Waals surface area contributed by atoms with Crippen molar-refractivity contribution in [2.24, 2.45) is 0 Å². The van der Waals surface area contributed by atoms with E-state index in [1.54, 1.807) is 41.4 Å². The quantitative estimate of drug-likeness (QED) is 0.923. The van der Waals surface area contributed by atoms with E-state index in [9.17, 15) is 4.79 Å². The van der Waals surface area contributed by atoms with Gasteiger partial charge >= 0.3 is 0 Å². The second kappa shape index (κ2) is 6.45. The van der Waals surface area contributed by atoms with Crippen LogP contribution in [0.2, 0.25) is 10.0 Å². The molecule has 0 bridgehead atoms. The van der Waals surface area contributed by atoms with E-state index in [0.717, 1.165) is 5.69 Å². The van der Waals surface area contributed by atoms with Gasteiger partial charge in [-0.25, -0.2) is 4.98 Å². The predicted octanol–water partition coefficient (Wildman–Crippen LogP) is 3.48. The first-order valence-electron chi connectivity index (χ1n) is 6.97. The fourth-order valence-electron chi connectivity index (χ4n) is 2.47. The molecule has 0 saturated carbocycles. The molecule has 1 N–H and O–H groups in total. The standard InChI is InChI=1S/C16H12Cl2N4O/c17-13-4-3-12(7-14(13)18)22-6-5-15(16(22)23)21-11-2-1-10(8-19)20-9-11/h1-4,7,9,15,21H,5-6H2. The SMILES string of the molecule is N#Cc1ccc(NC2CCN(c3ccc(Cl)c(Cl)c3)C2=O)cn1. The average molecular weight is 347 g/mol. The van der Waals surface area contributed by atoms with Crippen LogP contribution in [0.15, 0.2) is 36.5 Å². The van der Waals surface area contributed by atoms with Crippen molar-refractivity contribution < 1.29 is 4.79 Å². The van der Waals surface area contributed by atoms with Gasteiger partial charge in [-0.05, 0) is 36.8 Å². The smallest absolute Gasteiger partial charge is 0.249 e. The Morgan fingerprint density at radius 2 is 2.09 bits per heavy atom. The third-order valence-electron chi connectivity index (χ3n) is 3.64. The van der Waals surface area contributed by atoms with Crippen LogP contribution in [-0.2, 0) is 4.79 Å². The average Bonchev–Trinajstić information content (AvgIpc) is 2.92. The van der Waals surface area contributed by atoms with Gasteiger partial charge in [0.1, 0.15) is 17.8 Å². The zero-order valence-electron chi connectivity index (χ0n) is 12.0. The molecule has 2 heterocycles. The Balaban J connectivity index is 1.73. The van der Waals surface area contributed by atoms with Gasteiger partial charge in [0, 0.05) is 12.2 Å². The number of carbonyl (C=O) groups excluding carboxylic acids is 1. The summed E-state index contributed by atoms with van der Waals surface area (Å²) in [7, 11) is 0. The normalized spacial score (nSPS) is 17.2. The lowest BCUT2D eigenvalue weighted by atomic mass is 10.2. The number of halogens is 2. The highest BCUT2D eigenvalue weighted by atomic mass is 35.5. The highest BCUT2D eigenvalue weighted by Gasteiger charge is 2.32. The van der Waals surface area contributed by atoms with Crippen molar-refractivity contribution in [2.45, 2.75) is 12.5 Å². The molecule has 116 valence electrons. The number of hydrogen-bond acceptors (Lipinski definition) is 4. The molecule has 1 aliphatic rings. The van der Waals surface area contributed by atoms with E-state index in [-0.39, 0.29) is 11.9 Å². The zero-order valence-corrected chi connectivity index (χ0v) is 13.5. The largest absolute Gasteiger partial charge is 0.372 e. The van der Waals surface area contributed by atoms with Gasteiger partial charge in [0.05, 0.1) is 21.9 Å². The molecule has 0 spiro atoms. The van der Waals surface area contributed by atoms with Crippen molar-refractivity contribution >= 4 is 40.5 Å². The Hall–Kier alpha value is -2.29. The first-order chi connectivity index (χ1) is 11.1. The molecule has 1 aromatic heterocycles. The Labute approximate surface area is 143 Å². The van der Waals surface area contributed by atoms with E-state index in [1.165, 1.54) is 0 Å². The monoisotopic (exact) mass is 346 g/mol. The van der Waals surface area contributed by atoms with Crippen molar-refractivity contribution in [1.29, 1.82) is 5.26 Å². The Bertz CT molecular complexity index is 786. The maximum atomic E-state index is 12.5. The summed E-state index contributed by atoms with van der Waals surface area (Å²) in [6.07, 6.45) is 2.22. The number of benzene rings is 1. The molecule has 1 aliphatic heterocycles. The van der Waals surface area contributed by atoms with Crippen LogP contribution in [0, 0.1) is 11.3 Å². The van der Waals surface area contributed by atoms with Gasteiger partial charge in [0.15, 0.2) is 0 Å². The lowest BCUT2D eigenvalue weighted by molar-refractivity contribution is -0.117. The van der Waals surface area contributed by atoms with E-state index >= 15 is 0 Å². The van der Waals surface area contributed by atoms with Crippen LogP contribution in [0.5, 0.6) is 0 Å². The number of rotatable bonds is 3. The number of nitriles is 1. The lowest BCUT2D eigenvalue weighted by Crippen LogP contribution is -2.33. The first-order valence-corrected chi connectivity index (χ1v) is 7.73. The predicted molar refractivity (Wildman–Crippen MR) is 89.8 cm³/mol. The minimum atomic E-state index is -0.334. The molecule has 0 radical (unpaired) electrons. The van der Waals surface area contributed by atoms with E-state index in [1.807, 2.05) is 6.07 Å². The third-order valence-corrected chi connectivity index (χ3v) is 4.38. The number of amides is 1. The van der Waals surface area contributed by atoms with Gasteiger partial charge in [0.2, 0.25) is 5.91 Å². The molecule has 1 unspecified atom stereocenters. The molecule has 2 aromatic rings. The highest BCUT2D eigenvalue weighted by molar-refractivity contribution is 6.42. The van der Waals surface area contributed by atoms with Gasteiger partial charge in [0.25, 0.3) is 0 Å². The highest BCUT2D eigenvalue weighted by Crippen LogP contribution is 2.30. The fourth-order valence-corrected chi connectivity index (χ4v) is 2.76. The van der Waals surface area contributed by atoms with Crippen LogP contribution in [0.25, 0.3) is 0 Å². The topological polar surface area (TPSA) is 69.0 Å². The lowest BCUT2D eigenvalue weighted by Gasteiger charge is -2.18. The molecule has 0 aliphatic carbocycles. The zero-order chi connectivity index (χ0) is 16.4. The van der Waals surface area contributed by atoms with E-state index in [0.29, 0.717) is 34.4 Å². The summed E-state index contributed by atoms with van der Waals surface area (Å²) >= 11 is 11.9. The first kappa shape index (κ1) is 15.6. The number of nitrogens with one attached hydrogen (secondary N) is 1. The Kier molecular flexibility index (Phi) is 4.37. The molecular formula is C16H12Cl2N4O. The van der Waals surface area contributed by atoms with Gasteiger partial charge in [-0.1, -0.05) is 23.2 Å². The van der Waals surface area contributed by atoms with Crippen molar-refractivity contribution in [2.75, 3.05) is 16.8 Å². The maximum absolute atomic E-state index is 12.5. The minimum Gasteiger partial charge on any atom is -0.372 e. The second-order valence-electron chi connectivity index (χ2n) is 5.12. The summed E-state index contributed by atoms with van der Waals surface area (Å²) in [5, 5.41) is 12.8. The molecule has 23 heavy (non-hydrogen) atoms. The molecule has 5 nitrogen and oxygen atoms in total. The second-order valence-corrected chi connectivity index (χ2v) is 5.93. The third kappa shape index (κ3) is 3.24. The van der Waals surface area contributed by atoms with Crippen molar-refractivity contribution in [3.8, 4) is 6.07 Å². The molecule has 1 atom stereocenters. The summed E-state index contributed by atoms with van der Waals surface area (Å²) in [6.45, 7) is 0.595.